The van der Waals surface area contributed by atoms with Gasteiger partial charge in [0.05, 0.1) is 0 Å². The van der Waals surface area contributed by atoms with E-state index in [1.807, 2.05) is 0 Å². The number of ketones is 1. The van der Waals surface area contributed by atoms with Crippen LogP contribution in [-0.4, -0.2) is 34.2 Å². The van der Waals surface area contributed by atoms with Crippen molar-refractivity contribution in [3.05, 3.63) is 0 Å². The fourth-order valence-electron chi connectivity index (χ4n) is 0.604. The van der Waals surface area contributed by atoms with Crippen LogP contribution in [0.15, 0.2) is 5.10 Å². The van der Waals surface area contributed by atoms with Crippen LogP contribution in [0.25, 0.3) is 0 Å². The van der Waals surface area contributed by atoms with Crippen molar-refractivity contribution in [2.24, 2.45) is 10.9 Å². The summed E-state index contributed by atoms with van der Waals surface area (Å²) in [5.74, 6) is 3.12. The molecule has 0 bridgehead atoms. The maximum Gasteiger partial charge on any atom is 0.360 e. The van der Waals surface area contributed by atoms with E-state index in [2.05, 4.69) is 5.10 Å². The molecule has 0 aromatic carbocycles. The van der Waals surface area contributed by atoms with Crippen molar-refractivity contribution in [3.8, 4) is 0 Å². The SMILES string of the molecule is NN1CC(=O)C(C(=O)O)=N1. The normalized spacial score (nSPS) is 17.5. The Morgan fingerprint density at radius 2 is 2.40 bits per heavy atom. The minimum Gasteiger partial charge on any atom is -0.476 e. The molecule has 0 amide bonds. The van der Waals surface area contributed by atoms with E-state index >= 15 is 0 Å². The average molecular weight is 143 g/mol. The number of hydrazine groups is 1. The van der Waals surface area contributed by atoms with Crippen molar-refractivity contribution >= 4 is 17.5 Å². The molecule has 0 spiro atoms. The molecule has 0 radical (unpaired) electrons. The summed E-state index contributed by atoms with van der Waals surface area (Å²) in [6, 6.07) is 0. The highest BCUT2D eigenvalue weighted by atomic mass is 16.4. The van der Waals surface area contributed by atoms with E-state index in [4.69, 9.17) is 10.9 Å². The number of rotatable bonds is 1. The van der Waals surface area contributed by atoms with Gasteiger partial charge < -0.3 is 5.11 Å². The molecule has 10 heavy (non-hydrogen) atoms. The molecule has 54 valence electrons. The monoisotopic (exact) mass is 143 g/mol. The Morgan fingerprint density at radius 1 is 1.80 bits per heavy atom. The van der Waals surface area contributed by atoms with Gasteiger partial charge in [0.15, 0.2) is 0 Å². The molecule has 0 saturated heterocycles. The van der Waals surface area contributed by atoms with Crippen molar-refractivity contribution in [2.75, 3.05) is 6.54 Å². The van der Waals surface area contributed by atoms with Gasteiger partial charge in [0.2, 0.25) is 11.5 Å². The van der Waals surface area contributed by atoms with Crippen LogP contribution < -0.4 is 5.84 Å². The van der Waals surface area contributed by atoms with Crippen LogP contribution in [0.3, 0.4) is 0 Å². The van der Waals surface area contributed by atoms with E-state index in [1.54, 1.807) is 0 Å². The van der Waals surface area contributed by atoms with Crippen molar-refractivity contribution in [2.45, 2.75) is 0 Å². The third kappa shape index (κ3) is 0.960. The largest absolute Gasteiger partial charge is 0.476 e. The number of aliphatic carboxylic acids is 1. The number of hydrazone groups is 1. The smallest absolute Gasteiger partial charge is 0.360 e. The zero-order valence-electron chi connectivity index (χ0n) is 4.94. The summed E-state index contributed by atoms with van der Waals surface area (Å²) in [5, 5.41) is 12.3. The van der Waals surface area contributed by atoms with E-state index in [-0.39, 0.29) is 6.54 Å². The highest BCUT2D eigenvalue weighted by molar-refractivity contribution is 6.65. The van der Waals surface area contributed by atoms with E-state index in [0.717, 1.165) is 5.12 Å². The number of hydrogen-bond acceptors (Lipinski definition) is 5. The lowest BCUT2D eigenvalue weighted by Crippen LogP contribution is -2.26. The molecule has 0 aromatic heterocycles. The van der Waals surface area contributed by atoms with Crippen LogP contribution in [0, 0.1) is 0 Å². The zero-order valence-corrected chi connectivity index (χ0v) is 4.94. The number of carboxylic acid groups (broad SMARTS) is 1. The molecule has 3 N–H and O–H groups in total. The molecule has 1 rings (SSSR count). The lowest BCUT2D eigenvalue weighted by molar-refractivity contribution is -0.130. The van der Waals surface area contributed by atoms with Crippen molar-refractivity contribution < 1.29 is 14.7 Å². The summed E-state index contributed by atoms with van der Waals surface area (Å²) < 4.78 is 0. The lowest BCUT2D eigenvalue weighted by atomic mass is 10.3. The summed E-state index contributed by atoms with van der Waals surface area (Å²) >= 11 is 0. The van der Waals surface area contributed by atoms with Crippen LogP contribution in [0.5, 0.6) is 0 Å². The molecule has 0 aliphatic carbocycles. The Kier molecular flexibility index (Phi) is 1.38. The molecule has 0 saturated carbocycles. The molecule has 0 atom stereocenters. The molecule has 0 unspecified atom stereocenters. The zero-order chi connectivity index (χ0) is 7.72. The molecule has 1 aliphatic rings. The summed E-state index contributed by atoms with van der Waals surface area (Å²) in [7, 11) is 0. The molecule has 6 heteroatoms. The molecule has 6 nitrogen and oxygen atoms in total. The molecule has 1 aliphatic heterocycles. The Hall–Kier alpha value is -1.43. The Bertz CT molecular complexity index is 222. The highest BCUT2D eigenvalue weighted by Gasteiger charge is 2.27. The predicted octanol–water partition coefficient (Wildman–Crippen LogP) is -1.81. The number of carbonyl (C=O) groups is 2. The number of nitrogens with zero attached hydrogens (tertiary/aromatic N) is 2. The third-order valence-electron chi connectivity index (χ3n) is 1.00. The molecular weight excluding hydrogens is 138 g/mol. The quantitative estimate of drug-likeness (QED) is 0.421. The average Bonchev–Trinajstić information content (AvgIpc) is 2.10. The van der Waals surface area contributed by atoms with E-state index in [0.29, 0.717) is 0 Å². The molecular formula is C4H5N3O3. The minimum atomic E-state index is -1.34. The lowest BCUT2D eigenvalue weighted by Gasteiger charge is -1.98. The standard InChI is InChI=1S/C4H5N3O3/c5-7-1-2(8)3(6-7)4(9)10/h1,5H2,(H,9,10). The second-order valence-corrected chi connectivity index (χ2v) is 1.77. The molecule has 1 heterocycles. The van der Waals surface area contributed by atoms with Gasteiger partial charge in [0.25, 0.3) is 0 Å². The van der Waals surface area contributed by atoms with Gasteiger partial charge >= 0.3 is 5.97 Å². The van der Waals surface area contributed by atoms with Gasteiger partial charge in [0, 0.05) is 0 Å². The van der Waals surface area contributed by atoms with Gasteiger partial charge in [-0.25, -0.2) is 15.8 Å². The molecule has 0 aromatic rings. The summed E-state index contributed by atoms with van der Waals surface area (Å²) in [5.41, 5.74) is -0.498. The van der Waals surface area contributed by atoms with Crippen LogP contribution in [0.4, 0.5) is 0 Å². The summed E-state index contributed by atoms with van der Waals surface area (Å²) in [4.78, 5) is 20.7. The maximum absolute atomic E-state index is 10.6. The first-order chi connectivity index (χ1) is 4.61. The Labute approximate surface area is 55.9 Å². The van der Waals surface area contributed by atoms with Gasteiger partial charge in [-0.3, -0.25) is 4.79 Å². The number of carboxylic acids is 1. The van der Waals surface area contributed by atoms with E-state index in [1.165, 1.54) is 0 Å². The van der Waals surface area contributed by atoms with E-state index in [9.17, 15) is 9.59 Å². The first-order valence-electron chi connectivity index (χ1n) is 2.48. The van der Waals surface area contributed by atoms with Gasteiger partial charge in [-0.05, 0) is 0 Å². The predicted molar refractivity (Wildman–Crippen MR) is 31.0 cm³/mol. The minimum absolute atomic E-state index is 0.151. The van der Waals surface area contributed by atoms with Crippen LogP contribution >= 0.6 is 0 Å². The number of hydrogen-bond donors (Lipinski definition) is 2. The topological polar surface area (TPSA) is 96.0 Å². The second-order valence-electron chi connectivity index (χ2n) is 1.77. The van der Waals surface area contributed by atoms with Crippen LogP contribution in [0.1, 0.15) is 0 Å². The van der Waals surface area contributed by atoms with Gasteiger partial charge in [-0.2, -0.15) is 5.10 Å². The summed E-state index contributed by atoms with van der Waals surface area (Å²) in [6.45, 7) is -0.151. The highest BCUT2D eigenvalue weighted by Crippen LogP contribution is 1.96. The maximum atomic E-state index is 10.6. The van der Waals surface area contributed by atoms with Crippen LogP contribution in [-0.2, 0) is 9.59 Å². The molecule has 0 fully saturated rings. The fraction of sp³-hybridized carbons (Fsp3) is 0.250. The second kappa shape index (κ2) is 2.07. The first kappa shape index (κ1) is 6.69. The van der Waals surface area contributed by atoms with Crippen molar-refractivity contribution in [3.63, 3.8) is 0 Å². The first-order valence-corrected chi connectivity index (χ1v) is 2.48. The van der Waals surface area contributed by atoms with Gasteiger partial charge in [-0.1, -0.05) is 0 Å². The number of nitrogens with two attached hydrogens (primary N) is 1. The Morgan fingerprint density at radius 3 is 2.60 bits per heavy atom. The summed E-state index contributed by atoms with van der Waals surface area (Å²) in [6.07, 6.45) is 0. The third-order valence-corrected chi connectivity index (χ3v) is 1.00. The van der Waals surface area contributed by atoms with E-state index < -0.39 is 17.5 Å². The fourth-order valence-corrected chi connectivity index (χ4v) is 0.604. The number of carbonyl (C=O) groups excluding carboxylic acids is 1. The van der Waals surface area contributed by atoms with Crippen molar-refractivity contribution in [1.29, 1.82) is 0 Å². The van der Waals surface area contributed by atoms with Gasteiger partial charge in [0.1, 0.15) is 6.54 Å². The number of Topliss-reactive ketones (excluding diaryl/α,β-unsaturated/α-hetero) is 1. The van der Waals surface area contributed by atoms with Crippen molar-refractivity contribution in [1.82, 2.24) is 5.12 Å². The van der Waals surface area contributed by atoms with Crippen LogP contribution in [0.2, 0.25) is 0 Å². The Balaban J connectivity index is 2.85. The van der Waals surface area contributed by atoms with Gasteiger partial charge in [-0.15, -0.1) is 0 Å².